The molecule has 0 saturated carbocycles. The maximum absolute atomic E-state index is 5.55. The fraction of sp³-hybridized carbons (Fsp3) is 0.500. The number of furan rings is 1. The van der Waals surface area contributed by atoms with E-state index in [1.807, 2.05) is 30.7 Å². The Balaban J connectivity index is 2.14. The molecule has 2 aromatic rings. The van der Waals surface area contributed by atoms with Gasteiger partial charge in [0.15, 0.2) is 0 Å². The molecule has 0 unspecified atom stereocenters. The zero-order valence-corrected chi connectivity index (χ0v) is 11.7. The molecule has 0 aliphatic heterocycles. The molecule has 4 heteroatoms. The molecule has 0 aromatic carbocycles. The molecule has 0 aliphatic rings. The predicted octanol–water partition coefficient (Wildman–Crippen LogP) is 3.59. The summed E-state index contributed by atoms with van der Waals surface area (Å²) in [5.74, 6) is 1.89. The standard InChI is InChI=1S/C14H21N3O/c1-9(2)17-12(5)14(11(4)16-17)15-8-13-7-6-10(3)18-13/h6-7,9,15H,8H2,1-5H3. The minimum Gasteiger partial charge on any atom is -0.465 e. The maximum atomic E-state index is 5.55. The van der Waals surface area contributed by atoms with Crippen molar-refractivity contribution >= 4 is 5.69 Å². The average Bonchev–Trinajstić information content (AvgIpc) is 2.82. The average molecular weight is 247 g/mol. The molecular weight excluding hydrogens is 226 g/mol. The second-order valence-corrected chi connectivity index (χ2v) is 4.95. The number of nitrogens with zero attached hydrogens (tertiary/aromatic N) is 2. The van der Waals surface area contributed by atoms with Gasteiger partial charge >= 0.3 is 0 Å². The van der Waals surface area contributed by atoms with Crippen LogP contribution in [0.25, 0.3) is 0 Å². The third-order valence-electron chi connectivity index (χ3n) is 3.05. The number of aromatic nitrogens is 2. The summed E-state index contributed by atoms with van der Waals surface area (Å²) in [6.07, 6.45) is 0. The molecule has 0 bridgehead atoms. The van der Waals surface area contributed by atoms with Gasteiger partial charge in [-0.1, -0.05) is 0 Å². The largest absolute Gasteiger partial charge is 0.465 e. The van der Waals surface area contributed by atoms with Crippen molar-refractivity contribution in [1.29, 1.82) is 0 Å². The van der Waals surface area contributed by atoms with Crippen LogP contribution in [0, 0.1) is 20.8 Å². The fourth-order valence-electron chi connectivity index (χ4n) is 2.18. The van der Waals surface area contributed by atoms with Crippen LogP contribution >= 0.6 is 0 Å². The van der Waals surface area contributed by atoms with Crippen LogP contribution in [0.5, 0.6) is 0 Å². The first-order valence-electron chi connectivity index (χ1n) is 6.34. The summed E-state index contributed by atoms with van der Waals surface area (Å²) in [5, 5.41) is 7.96. The van der Waals surface area contributed by atoms with Crippen LogP contribution < -0.4 is 5.32 Å². The lowest BCUT2D eigenvalue weighted by Crippen LogP contribution is -2.06. The van der Waals surface area contributed by atoms with Crippen LogP contribution in [-0.2, 0) is 6.54 Å². The van der Waals surface area contributed by atoms with Crippen LogP contribution in [0.3, 0.4) is 0 Å². The van der Waals surface area contributed by atoms with Crippen molar-refractivity contribution in [3.8, 4) is 0 Å². The van der Waals surface area contributed by atoms with Gasteiger partial charge in [-0.05, 0) is 46.8 Å². The number of rotatable bonds is 4. The topological polar surface area (TPSA) is 43.0 Å². The highest BCUT2D eigenvalue weighted by Gasteiger charge is 2.13. The Morgan fingerprint density at radius 2 is 2.00 bits per heavy atom. The van der Waals surface area contributed by atoms with E-state index >= 15 is 0 Å². The lowest BCUT2D eigenvalue weighted by molar-refractivity contribution is 0.490. The highest BCUT2D eigenvalue weighted by Crippen LogP contribution is 2.23. The molecule has 0 amide bonds. The molecule has 0 saturated heterocycles. The summed E-state index contributed by atoms with van der Waals surface area (Å²) in [5.41, 5.74) is 3.31. The van der Waals surface area contributed by atoms with Gasteiger partial charge < -0.3 is 9.73 Å². The first-order chi connectivity index (χ1) is 8.49. The monoisotopic (exact) mass is 247 g/mol. The van der Waals surface area contributed by atoms with Crippen molar-refractivity contribution in [3.63, 3.8) is 0 Å². The minimum absolute atomic E-state index is 0.380. The Hall–Kier alpha value is -1.71. The molecule has 2 rings (SSSR count). The molecular formula is C14H21N3O. The normalized spacial score (nSPS) is 11.2. The van der Waals surface area contributed by atoms with Crippen molar-refractivity contribution in [2.75, 3.05) is 5.32 Å². The fourth-order valence-corrected chi connectivity index (χ4v) is 2.18. The summed E-state index contributed by atoms with van der Waals surface area (Å²) < 4.78 is 7.60. The van der Waals surface area contributed by atoms with E-state index in [4.69, 9.17) is 4.42 Å². The predicted molar refractivity (Wildman–Crippen MR) is 72.9 cm³/mol. The molecule has 0 spiro atoms. The minimum atomic E-state index is 0.380. The van der Waals surface area contributed by atoms with E-state index in [0.29, 0.717) is 12.6 Å². The number of aryl methyl sites for hydroxylation is 2. The van der Waals surface area contributed by atoms with Crippen molar-refractivity contribution in [3.05, 3.63) is 35.0 Å². The summed E-state index contributed by atoms with van der Waals surface area (Å²) in [4.78, 5) is 0. The Morgan fingerprint density at radius 3 is 2.50 bits per heavy atom. The van der Waals surface area contributed by atoms with Gasteiger partial charge in [0.1, 0.15) is 11.5 Å². The van der Waals surface area contributed by atoms with Crippen molar-refractivity contribution in [2.45, 2.75) is 47.2 Å². The van der Waals surface area contributed by atoms with Gasteiger partial charge in [0.05, 0.1) is 23.6 Å². The van der Waals surface area contributed by atoms with Crippen LogP contribution in [0.4, 0.5) is 5.69 Å². The lowest BCUT2D eigenvalue weighted by atomic mass is 10.3. The molecule has 98 valence electrons. The Morgan fingerprint density at radius 1 is 1.28 bits per heavy atom. The van der Waals surface area contributed by atoms with Crippen molar-refractivity contribution in [1.82, 2.24) is 9.78 Å². The smallest absolute Gasteiger partial charge is 0.123 e. The van der Waals surface area contributed by atoms with Crippen LogP contribution in [0.1, 0.15) is 42.8 Å². The van der Waals surface area contributed by atoms with Gasteiger partial charge in [0, 0.05) is 6.04 Å². The Labute approximate surface area is 108 Å². The maximum Gasteiger partial charge on any atom is 0.123 e. The van der Waals surface area contributed by atoms with E-state index in [1.165, 1.54) is 5.69 Å². The molecule has 0 atom stereocenters. The lowest BCUT2D eigenvalue weighted by Gasteiger charge is -2.09. The number of nitrogens with one attached hydrogen (secondary N) is 1. The summed E-state index contributed by atoms with van der Waals surface area (Å²) in [7, 11) is 0. The first kappa shape index (κ1) is 12.7. The molecule has 0 radical (unpaired) electrons. The van der Waals surface area contributed by atoms with Gasteiger partial charge in [-0.3, -0.25) is 4.68 Å². The molecule has 4 nitrogen and oxygen atoms in total. The summed E-state index contributed by atoms with van der Waals surface area (Å²) in [6, 6.07) is 4.36. The SMILES string of the molecule is Cc1ccc(CNc2c(C)nn(C(C)C)c2C)o1. The summed E-state index contributed by atoms with van der Waals surface area (Å²) in [6.45, 7) is 11.0. The van der Waals surface area contributed by atoms with E-state index in [0.717, 1.165) is 22.9 Å². The van der Waals surface area contributed by atoms with Gasteiger partial charge in [0.2, 0.25) is 0 Å². The van der Waals surface area contributed by atoms with Gasteiger partial charge in [-0.15, -0.1) is 0 Å². The highest BCUT2D eigenvalue weighted by molar-refractivity contribution is 5.52. The van der Waals surface area contributed by atoms with Crippen molar-refractivity contribution in [2.24, 2.45) is 0 Å². The van der Waals surface area contributed by atoms with E-state index < -0.39 is 0 Å². The van der Waals surface area contributed by atoms with Crippen LogP contribution in [-0.4, -0.2) is 9.78 Å². The molecule has 0 aliphatic carbocycles. The zero-order valence-electron chi connectivity index (χ0n) is 11.7. The number of hydrogen-bond acceptors (Lipinski definition) is 3. The number of hydrogen-bond donors (Lipinski definition) is 1. The van der Waals surface area contributed by atoms with E-state index in [1.54, 1.807) is 0 Å². The van der Waals surface area contributed by atoms with Gasteiger partial charge in [0.25, 0.3) is 0 Å². The molecule has 18 heavy (non-hydrogen) atoms. The summed E-state index contributed by atoms with van der Waals surface area (Å²) >= 11 is 0. The molecule has 2 heterocycles. The molecule has 1 N–H and O–H groups in total. The molecule has 0 fully saturated rings. The zero-order chi connectivity index (χ0) is 13.3. The van der Waals surface area contributed by atoms with Crippen molar-refractivity contribution < 1.29 is 4.42 Å². The Kier molecular flexibility index (Phi) is 3.45. The second kappa shape index (κ2) is 4.88. The third kappa shape index (κ3) is 2.42. The second-order valence-electron chi connectivity index (χ2n) is 4.95. The first-order valence-corrected chi connectivity index (χ1v) is 6.34. The third-order valence-corrected chi connectivity index (χ3v) is 3.05. The highest BCUT2D eigenvalue weighted by atomic mass is 16.3. The van der Waals surface area contributed by atoms with E-state index in [9.17, 15) is 0 Å². The van der Waals surface area contributed by atoms with Crippen LogP contribution in [0.15, 0.2) is 16.5 Å². The number of anilines is 1. The van der Waals surface area contributed by atoms with Gasteiger partial charge in [-0.2, -0.15) is 5.10 Å². The van der Waals surface area contributed by atoms with Crippen LogP contribution in [0.2, 0.25) is 0 Å². The molecule has 2 aromatic heterocycles. The van der Waals surface area contributed by atoms with E-state index in [-0.39, 0.29) is 0 Å². The quantitative estimate of drug-likeness (QED) is 0.897. The van der Waals surface area contributed by atoms with E-state index in [2.05, 4.69) is 31.2 Å². The Bertz CT molecular complexity index is 537. The van der Waals surface area contributed by atoms with Gasteiger partial charge in [-0.25, -0.2) is 0 Å².